The van der Waals surface area contributed by atoms with Crippen LogP contribution in [0.25, 0.3) is 0 Å². The van der Waals surface area contributed by atoms with Crippen LogP contribution in [0.3, 0.4) is 0 Å². The molecule has 0 fully saturated rings. The Kier molecular flexibility index (Phi) is 6.77. The summed E-state index contributed by atoms with van der Waals surface area (Å²) in [6, 6.07) is 5.57. The molecule has 3 amide bonds. The first kappa shape index (κ1) is 17.7. The molecule has 0 aliphatic carbocycles. The van der Waals surface area contributed by atoms with Crippen LogP contribution < -0.4 is 15.5 Å². The van der Waals surface area contributed by atoms with Crippen molar-refractivity contribution in [2.24, 2.45) is 0 Å². The van der Waals surface area contributed by atoms with E-state index in [1.807, 2.05) is 36.9 Å². The van der Waals surface area contributed by atoms with E-state index in [-0.39, 0.29) is 11.9 Å². The molecule has 0 aromatic heterocycles. The summed E-state index contributed by atoms with van der Waals surface area (Å²) in [4.78, 5) is 25.6. The number of amides is 3. The standard InChI is InChI=1S/C17H25N3O2S/c1-3-20-15-8-7-14(12-13(15)6-9-16(20)21)19-17(22)18-10-5-11-23-4-2/h7-8,12H,3-6,9-11H2,1-2H3,(H2,18,19,22). The molecule has 2 N–H and O–H groups in total. The number of hydrogen-bond acceptors (Lipinski definition) is 3. The van der Waals surface area contributed by atoms with Crippen LogP contribution in [0.4, 0.5) is 16.2 Å². The highest BCUT2D eigenvalue weighted by molar-refractivity contribution is 7.99. The molecule has 0 spiro atoms. The first-order valence-corrected chi connectivity index (χ1v) is 9.37. The van der Waals surface area contributed by atoms with Gasteiger partial charge in [0.1, 0.15) is 0 Å². The van der Waals surface area contributed by atoms with Crippen molar-refractivity contribution in [1.29, 1.82) is 0 Å². The molecule has 0 bridgehead atoms. The highest BCUT2D eigenvalue weighted by Crippen LogP contribution is 2.30. The molecule has 6 heteroatoms. The molecule has 0 saturated carbocycles. The summed E-state index contributed by atoms with van der Waals surface area (Å²) in [7, 11) is 0. The zero-order chi connectivity index (χ0) is 16.7. The highest BCUT2D eigenvalue weighted by Gasteiger charge is 2.22. The van der Waals surface area contributed by atoms with Crippen LogP contribution in [0.5, 0.6) is 0 Å². The molecular formula is C17H25N3O2S. The summed E-state index contributed by atoms with van der Waals surface area (Å²) in [5, 5.41) is 5.74. The largest absolute Gasteiger partial charge is 0.338 e. The van der Waals surface area contributed by atoms with Gasteiger partial charge in [0.05, 0.1) is 0 Å². The van der Waals surface area contributed by atoms with E-state index in [1.54, 1.807) is 4.90 Å². The fourth-order valence-electron chi connectivity index (χ4n) is 2.68. The second-order valence-electron chi connectivity index (χ2n) is 5.41. The number of benzene rings is 1. The minimum Gasteiger partial charge on any atom is -0.338 e. The molecule has 0 atom stereocenters. The van der Waals surface area contributed by atoms with Gasteiger partial charge in [0.15, 0.2) is 0 Å². The van der Waals surface area contributed by atoms with E-state index in [4.69, 9.17) is 0 Å². The molecule has 0 unspecified atom stereocenters. The number of hydrogen-bond donors (Lipinski definition) is 2. The fourth-order valence-corrected chi connectivity index (χ4v) is 3.32. The number of anilines is 2. The number of fused-ring (bicyclic) bond motifs is 1. The quantitative estimate of drug-likeness (QED) is 0.752. The monoisotopic (exact) mass is 335 g/mol. The van der Waals surface area contributed by atoms with Crippen LogP contribution in [0.15, 0.2) is 18.2 Å². The number of aryl methyl sites for hydroxylation is 1. The molecule has 23 heavy (non-hydrogen) atoms. The van der Waals surface area contributed by atoms with E-state index >= 15 is 0 Å². The van der Waals surface area contributed by atoms with Gasteiger partial charge in [-0.05, 0) is 55.0 Å². The van der Waals surface area contributed by atoms with E-state index in [0.29, 0.717) is 19.5 Å². The Balaban J connectivity index is 1.89. The smallest absolute Gasteiger partial charge is 0.319 e. The molecule has 1 aliphatic rings. The van der Waals surface area contributed by atoms with Gasteiger partial charge in [-0.15, -0.1) is 0 Å². The average Bonchev–Trinajstić information content (AvgIpc) is 2.54. The maximum Gasteiger partial charge on any atom is 0.319 e. The molecule has 0 saturated heterocycles. The molecule has 1 aromatic rings. The zero-order valence-electron chi connectivity index (χ0n) is 13.9. The van der Waals surface area contributed by atoms with Gasteiger partial charge < -0.3 is 15.5 Å². The van der Waals surface area contributed by atoms with Crippen LogP contribution in [-0.2, 0) is 11.2 Å². The lowest BCUT2D eigenvalue weighted by Crippen LogP contribution is -2.35. The van der Waals surface area contributed by atoms with Crippen molar-refractivity contribution >= 4 is 35.1 Å². The number of carbonyl (C=O) groups is 2. The van der Waals surface area contributed by atoms with E-state index in [2.05, 4.69) is 17.6 Å². The van der Waals surface area contributed by atoms with E-state index in [0.717, 1.165) is 41.3 Å². The summed E-state index contributed by atoms with van der Waals surface area (Å²) < 4.78 is 0. The Morgan fingerprint density at radius 3 is 2.87 bits per heavy atom. The van der Waals surface area contributed by atoms with Gasteiger partial charge in [-0.3, -0.25) is 4.79 Å². The van der Waals surface area contributed by atoms with Crippen molar-refractivity contribution in [3.63, 3.8) is 0 Å². The number of rotatable bonds is 7. The molecule has 1 aliphatic heterocycles. The van der Waals surface area contributed by atoms with Crippen LogP contribution in [0.2, 0.25) is 0 Å². The SMILES string of the molecule is CCSCCCNC(=O)Nc1ccc2c(c1)CCC(=O)N2CC. The van der Waals surface area contributed by atoms with Crippen molar-refractivity contribution in [2.45, 2.75) is 33.1 Å². The van der Waals surface area contributed by atoms with Gasteiger partial charge in [-0.1, -0.05) is 6.92 Å². The van der Waals surface area contributed by atoms with Crippen LogP contribution in [0, 0.1) is 0 Å². The highest BCUT2D eigenvalue weighted by atomic mass is 32.2. The number of carbonyl (C=O) groups excluding carboxylic acids is 2. The Hall–Kier alpha value is -1.69. The molecule has 0 radical (unpaired) electrons. The van der Waals surface area contributed by atoms with Crippen LogP contribution >= 0.6 is 11.8 Å². The van der Waals surface area contributed by atoms with Gasteiger partial charge in [0, 0.05) is 30.9 Å². The topological polar surface area (TPSA) is 61.4 Å². The molecule has 1 heterocycles. The van der Waals surface area contributed by atoms with E-state index < -0.39 is 0 Å². The summed E-state index contributed by atoms with van der Waals surface area (Å²) in [6.07, 6.45) is 2.24. The average molecular weight is 335 g/mol. The first-order chi connectivity index (χ1) is 11.2. The third kappa shape index (κ3) is 4.89. The summed E-state index contributed by atoms with van der Waals surface area (Å²) in [6.45, 7) is 5.47. The lowest BCUT2D eigenvalue weighted by atomic mass is 10.0. The van der Waals surface area contributed by atoms with Gasteiger partial charge in [-0.2, -0.15) is 11.8 Å². The fraction of sp³-hybridized carbons (Fsp3) is 0.529. The Labute approximate surface area is 142 Å². The van der Waals surface area contributed by atoms with Gasteiger partial charge in [-0.25, -0.2) is 4.79 Å². The second kappa shape index (κ2) is 8.82. The number of thioether (sulfide) groups is 1. The van der Waals surface area contributed by atoms with Gasteiger partial charge in [0.2, 0.25) is 5.91 Å². The van der Waals surface area contributed by atoms with Crippen LogP contribution in [0.1, 0.15) is 32.3 Å². The minimum absolute atomic E-state index is 0.170. The third-order valence-electron chi connectivity index (χ3n) is 3.81. The lowest BCUT2D eigenvalue weighted by Gasteiger charge is -2.28. The second-order valence-corrected chi connectivity index (χ2v) is 6.81. The van der Waals surface area contributed by atoms with Crippen molar-refractivity contribution in [3.05, 3.63) is 23.8 Å². The van der Waals surface area contributed by atoms with Gasteiger partial charge >= 0.3 is 6.03 Å². The summed E-state index contributed by atoms with van der Waals surface area (Å²) >= 11 is 1.88. The minimum atomic E-state index is -0.175. The Bertz CT molecular complexity index is 563. The van der Waals surface area contributed by atoms with Crippen molar-refractivity contribution < 1.29 is 9.59 Å². The first-order valence-electron chi connectivity index (χ1n) is 8.21. The Morgan fingerprint density at radius 1 is 1.30 bits per heavy atom. The van der Waals surface area contributed by atoms with Crippen molar-refractivity contribution in [2.75, 3.05) is 34.8 Å². The summed E-state index contributed by atoms with van der Waals surface area (Å²) in [5.74, 6) is 2.35. The molecule has 126 valence electrons. The molecular weight excluding hydrogens is 310 g/mol. The molecule has 1 aromatic carbocycles. The number of nitrogens with zero attached hydrogens (tertiary/aromatic N) is 1. The third-order valence-corrected chi connectivity index (χ3v) is 4.79. The number of urea groups is 1. The zero-order valence-corrected chi connectivity index (χ0v) is 14.7. The summed E-state index contributed by atoms with van der Waals surface area (Å²) in [5.41, 5.74) is 2.85. The Morgan fingerprint density at radius 2 is 2.13 bits per heavy atom. The molecule has 2 rings (SSSR count). The number of nitrogens with one attached hydrogen (secondary N) is 2. The van der Waals surface area contributed by atoms with Crippen molar-refractivity contribution in [3.8, 4) is 0 Å². The van der Waals surface area contributed by atoms with E-state index in [9.17, 15) is 9.59 Å². The normalized spacial score (nSPS) is 13.7. The predicted octanol–water partition coefficient (Wildman–Crippen LogP) is 3.25. The van der Waals surface area contributed by atoms with Gasteiger partial charge in [0.25, 0.3) is 0 Å². The predicted molar refractivity (Wildman–Crippen MR) is 97.4 cm³/mol. The molecule has 5 nitrogen and oxygen atoms in total. The van der Waals surface area contributed by atoms with E-state index in [1.165, 1.54) is 0 Å². The maximum absolute atomic E-state index is 11.9. The lowest BCUT2D eigenvalue weighted by molar-refractivity contribution is -0.118. The maximum atomic E-state index is 11.9. The van der Waals surface area contributed by atoms with Crippen molar-refractivity contribution in [1.82, 2.24) is 5.32 Å². The van der Waals surface area contributed by atoms with Crippen LogP contribution in [-0.4, -0.2) is 36.5 Å².